The minimum Gasteiger partial charge on any atom is -0.360 e. The number of benzene rings is 1. The first-order chi connectivity index (χ1) is 11.6. The van der Waals surface area contributed by atoms with Crippen LogP contribution in [-0.4, -0.2) is 36.6 Å². The Hall–Kier alpha value is -2.14. The van der Waals surface area contributed by atoms with Crippen LogP contribution in [0.15, 0.2) is 34.9 Å². The first kappa shape index (κ1) is 16.7. The third-order valence-electron chi connectivity index (χ3n) is 4.59. The Morgan fingerprint density at radius 1 is 1.33 bits per heavy atom. The summed E-state index contributed by atoms with van der Waals surface area (Å²) in [5.41, 5.74) is 2.88. The summed E-state index contributed by atoms with van der Waals surface area (Å²) in [6.45, 7) is 2.68. The molecule has 1 aliphatic carbocycles. The third-order valence-corrected chi connectivity index (χ3v) is 4.59. The Morgan fingerprint density at radius 2 is 2.04 bits per heavy atom. The zero-order valence-corrected chi connectivity index (χ0v) is 14.6. The summed E-state index contributed by atoms with van der Waals surface area (Å²) in [5.74, 6) is 1.12. The van der Waals surface area contributed by atoms with Crippen molar-refractivity contribution in [3.05, 3.63) is 52.9 Å². The van der Waals surface area contributed by atoms with E-state index in [1.54, 1.807) is 6.07 Å². The highest BCUT2D eigenvalue weighted by Gasteiger charge is 2.29. The molecule has 0 spiro atoms. The van der Waals surface area contributed by atoms with Gasteiger partial charge in [-0.15, -0.1) is 0 Å². The van der Waals surface area contributed by atoms with E-state index in [0.717, 1.165) is 25.0 Å². The molecule has 0 aliphatic heterocycles. The number of aryl methyl sites for hydroxylation is 1. The van der Waals surface area contributed by atoms with E-state index in [0.29, 0.717) is 18.2 Å². The van der Waals surface area contributed by atoms with E-state index < -0.39 is 0 Å². The number of nitrogens with zero attached hydrogens (tertiary/aromatic N) is 2. The molecule has 0 saturated heterocycles. The Morgan fingerprint density at radius 3 is 2.62 bits per heavy atom. The van der Waals surface area contributed by atoms with Gasteiger partial charge in [-0.25, -0.2) is 0 Å². The fourth-order valence-electron chi connectivity index (χ4n) is 2.81. The molecule has 0 radical (unpaired) electrons. The van der Waals surface area contributed by atoms with E-state index in [1.165, 1.54) is 11.1 Å². The first-order valence-electron chi connectivity index (χ1n) is 8.58. The second-order valence-corrected chi connectivity index (χ2v) is 6.67. The highest BCUT2D eigenvalue weighted by atomic mass is 16.5. The lowest BCUT2D eigenvalue weighted by Gasteiger charge is -2.25. The molecule has 128 valence electrons. The lowest BCUT2D eigenvalue weighted by atomic mass is 10.0. The average molecular weight is 327 g/mol. The molecule has 0 bridgehead atoms. The summed E-state index contributed by atoms with van der Waals surface area (Å²) in [6.07, 6.45) is 3.29. The Bertz CT molecular complexity index is 687. The first-order valence-corrected chi connectivity index (χ1v) is 8.58. The van der Waals surface area contributed by atoms with Crippen LogP contribution in [0.5, 0.6) is 0 Å². The van der Waals surface area contributed by atoms with Gasteiger partial charge in [0.05, 0.1) is 6.04 Å². The van der Waals surface area contributed by atoms with E-state index in [2.05, 4.69) is 46.6 Å². The van der Waals surface area contributed by atoms with Gasteiger partial charge >= 0.3 is 0 Å². The molecule has 1 N–H and O–H groups in total. The van der Waals surface area contributed by atoms with Gasteiger partial charge in [-0.3, -0.25) is 4.79 Å². The molecule has 2 aromatic rings. The Kier molecular flexibility index (Phi) is 5.00. The van der Waals surface area contributed by atoms with Crippen LogP contribution in [0.2, 0.25) is 0 Å². The van der Waals surface area contributed by atoms with Gasteiger partial charge in [-0.2, -0.15) is 0 Å². The molecule has 1 aromatic heterocycles. The highest BCUT2D eigenvalue weighted by molar-refractivity contribution is 5.92. The number of carbonyl (C=O) groups excluding carboxylic acids is 1. The Labute approximate surface area is 143 Å². The summed E-state index contributed by atoms with van der Waals surface area (Å²) in [4.78, 5) is 14.4. The lowest BCUT2D eigenvalue weighted by Crippen LogP contribution is -2.34. The van der Waals surface area contributed by atoms with Gasteiger partial charge in [0.1, 0.15) is 5.76 Å². The number of rotatable bonds is 7. The third kappa shape index (κ3) is 3.85. The van der Waals surface area contributed by atoms with Gasteiger partial charge < -0.3 is 14.7 Å². The fraction of sp³-hybridized carbons (Fsp3) is 0.474. The smallest absolute Gasteiger partial charge is 0.273 e. The van der Waals surface area contributed by atoms with Gasteiger partial charge in [0.25, 0.3) is 5.91 Å². The van der Waals surface area contributed by atoms with Gasteiger partial charge in [0, 0.05) is 18.5 Å². The van der Waals surface area contributed by atoms with Crippen molar-refractivity contribution in [2.45, 2.75) is 38.1 Å². The van der Waals surface area contributed by atoms with E-state index in [9.17, 15) is 4.79 Å². The second kappa shape index (κ2) is 7.18. The van der Waals surface area contributed by atoms with E-state index in [1.807, 2.05) is 14.1 Å². The molecular formula is C19H25N3O2. The summed E-state index contributed by atoms with van der Waals surface area (Å²) in [5, 5.41) is 6.87. The summed E-state index contributed by atoms with van der Waals surface area (Å²) >= 11 is 0. The van der Waals surface area contributed by atoms with Crippen LogP contribution >= 0.6 is 0 Å². The van der Waals surface area contributed by atoms with Crippen LogP contribution in [0.25, 0.3) is 0 Å². The van der Waals surface area contributed by atoms with E-state index in [-0.39, 0.29) is 11.9 Å². The highest BCUT2D eigenvalue weighted by Crippen LogP contribution is 2.40. The summed E-state index contributed by atoms with van der Waals surface area (Å²) in [6, 6.07) is 10.5. The molecule has 24 heavy (non-hydrogen) atoms. The van der Waals surface area contributed by atoms with Crippen molar-refractivity contribution in [3.8, 4) is 0 Å². The topological polar surface area (TPSA) is 58.4 Å². The zero-order chi connectivity index (χ0) is 17.1. The molecule has 1 saturated carbocycles. The maximum absolute atomic E-state index is 12.3. The van der Waals surface area contributed by atoms with Crippen molar-refractivity contribution >= 4 is 5.91 Å². The van der Waals surface area contributed by atoms with Crippen LogP contribution in [-0.2, 0) is 6.42 Å². The minimum absolute atomic E-state index is 0.120. The predicted molar refractivity (Wildman–Crippen MR) is 93.1 cm³/mol. The van der Waals surface area contributed by atoms with Gasteiger partial charge in [0.2, 0.25) is 0 Å². The maximum Gasteiger partial charge on any atom is 0.273 e. The van der Waals surface area contributed by atoms with E-state index in [4.69, 9.17) is 4.52 Å². The van der Waals surface area contributed by atoms with Crippen LogP contribution in [0, 0.1) is 0 Å². The van der Waals surface area contributed by atoms with Crippen molar-refractivity contribution in [2.24, 2.45) is 0 Å². The van der Waals surface area contributed by atoms with Gasteiger partial charge in [-0.05, 0) is 44.5 Å². The normalized spacial score (nSPS) is 15.5. The fourth-order valence-corrected chi connectivity index (χ4v) is 2.81. The Balaban J connectivity index is 1.63. The molecule has 1 heterocycles. The zero-order valence-electron chi connectivity index (χ0n) is 14.6. The standard InChI is InChI=1S/C19H25N3O2/c1-4-13-5-7-14(8-6-13)17(22(2)3)12-20-19(23)16-11-18(24-21-16)15-9-10-15/h5-8,11,15,17H,4,9-10,12H2,1-3H3,(H,20,23). The van der Waals surface area contributed by atoms with Crippen molar-refractivity contribution < 1.29 is 9.32 Å². The molecule has 1 fully saturated rings. The largest absolute Gasteiger partial charge is 0.360 e. The van der Waals surface area contributed by atoms with Crippen molar-refractivity contribution in [2.75, 3.05) is 20.6 Å². The molecule has 1 atom stereocenters. The number of amides is 1. The second-order valence-electron chi connectivity index (χ2n) is 6.67. The van der Waals surface area contributed by atoms with Crippen molar-refractivity contribution in [3.63, 3.8) is 0 Å². The van der Waals surface area contributed by atoms with Crippen molar-refractivity contribution in [1.82, 2.24) is 15.4 Å². The summed E-state index contributed by atoms with van der Waals surface area (Å²) in [7, 11) is 4.04. The van der Waals surface area contributed by atoms with Crippen molar-refractivity contribution in [1.29, 1.82) is 0 Å². The number of aromatic nitrogens is 1. The van der Waals surface area contributed by atoms with E-state index >= 15 is 0 Å². The number of likely N-dealkylation sites (N-methyl/N-ethyl adjacent to an activating group) is 1. The van der Waals surface area contributed by atoms with Crippen LogP contribution < -0.4 is 5.32 Å². The molecule has 1 unspecified atom stereocenters. The monoisotopic (exact) mass is 327 g/mol. The number of carbonyl (C=O) groups is 1. The minimum atomic E-state index is -0.178. The number of hydrogen-bond acceptors (Lipinski definition) is 4. The lowest BCUT2D eigenvalue weighted by molar-refractivity contribution is 0.0932. The SMILES string of the molecule is CCc1ccc(C(CNC(=O)c2cc(C3CC3)on2)N(C)C)cc1. The molecule has 1 aliphatic rings. The molecule has 3 rings (SSSR count). The van der Waals surface area contributed by atoms with Crippen LogP contribution in [0.1, 0.15) is 59.1 Å². The molecule has 5 heteroatoms. The quantitative estimate of drug-likeness (QED) is 0.849. The maximum atomic E-state index is 12.3. The number of hydrogen-bond donors (Lipinski definition) is 1. The molecular weight excluding hydrogens is 302 g/mol. The molecule has 1 aromatic carbocycles. The van der Waals surface area contributed by atoms with Gasteiger partial charge in [-0.1, -0.05) is 36.3 Å². The summed E-state index contributed by atoms with van der Waals surface area (Å²) < 4.78 is 5.25. The van der Waals surface area contributed by atoms with Crippen LogP contribution in [0.4, 0.5) is 0 Å². The van der Waals surface area contributed by atoms with Crippen LogP contribution in [0.3, 0.4) is 0 Å². The number of nitrogens with one attached hydrogen (secondary N) is 1. The average Bonchev–Trinajstić information content (AvgIpc) is 3.32. The predicted octanol–water partition coefficient (Wildman–Crippen LogP) is 3.15. The van der Waals surface area contributed by atoms with Gasteiger partial charge in [0.15, 0.2) is 5.69 Å². The molecule has 5 nitrogen and oxygen atoms in total. The molecule has 1 amide bonds.